The van der Waals surface area contributed by atoms with Crippen molar-refractivity contribution < 1.29 is 13.9 Å². The van der Waals surface area contributed by atoms with Crippen molar-refractivity contribution in [2.45, 2.75) is 45.9 Å². The molecule has 0 aliphatic heterocycles. The van der Waals surface area contributed by atoms with Crippen molar-refractivity contribution in [2.24, 2.45) is 11.1 Å². The highest BCUT2D eigenvalue weighted by molar-refractivity contribution is 6.31. The summed E-state index contributed by atoms with van der Waals surface area (Å²) < 4.78 is 18.4. The molecule has 0 bridgehead atoms. The van der Waals surface area contributed by atoms with Crippen molar-refractivity contribution >= 4 is 17.6 Å². The number of nitrogens with two attached hydrogens (primary N) is 1. The zero-order valence-electron chi connectivity index (χ0n) is 12.7. The smallest absolute Gasteiger partial charge is 0.314 e. The van der Waals surface area contributed by atoms with E-state index in [0.717, 1.165) is 5.56 Å². The molecule has 5 heteroatoms. The Morgan fingerprint density at radius 3 is 2.57 bits per heavy atom. The molecule has 0 saturated heterocycles. The Bertz CT molecular complexity index is 479. The van der Waals surface area contributed by atoms with Crippen molar-refractivity contribution in [1.29, 1.82) is 0 Å². The summed E-state index contributed by atoms with van der Waals surface area (Å²) in [6, 6.07) is 7.22. The van der Waals surface area contributed by atoms with Gasteiger partial charge in [-0.3, -0.25) is 4.79 Å². The summed E-state index contributed by atoms with van der Waals surface area (Å²) in [7, 11) is 0. The van der Waals surface area contributed by atoms with Gasteiger partial charge >= 0.3 is 5.97 Å². The quantitative estimate of drug-likeness (QED) is 0.772. The van der Waals surface area contributed by atoms with Crippen LogP contribution in [0.15, 0.2) is 24.3 Å². The zero-order valence-corrected chi connectivity index (χ0v) is 13.5. The second kappa shape index (κ2) is 7.76. The largest absolute Gasteiger partial charge is 0.431 e. The van der Waals surface area contributed by atoms with E-state index in [9.17, 15) is 9.18 Å². The number of hydrogen-bond acceptors (Lipinski definition) is 3. The number of halogens is 2. The van der Waals surface area contributed by atoms with Crippen molar-refractivity contribution in [3.05, 3.63) is 34.9 Å². The molecule has 1 rings (SSSR count). The molecule has 21 heavy (non-hydrogen) atoms. The molecule has 0 heterocycles. The topological polar surface area (TPSA) is 52.3 Å². The molecule has 0 radical (unpaired) electrons. The molecule has 0 amide bonds. The van der Waals surface area contributed by atoms with Crippen LogP contribution in [0.1, 0.15) is 45.1 Å². The van der Waals surface area contributed by atoms with Gasteiger partial charge in [0.05, 0.1) is 5.41 Å². The molecule has 2 unspecified atom stereocenters. The number of ether oxygens (including phenoxy) is 1. The molecule has 0 spiro atoms. The zero-order chi connectivity index (χ0) is 16.0. The highest BCUT2D eigenvalue weighted by Crippen LogP contribution is 2.39. The van der Waals surface area contributed by atoms with E-state index in [4.69, 9.17) is 22.1 Å². The lowest BCUT2D eigenvalue weighted by Gasteiger charge is -2.32. The van der Waals surface area contributed by atoms with Crippen LogP contribution in [0.4, 0.5) is 4.39 Å². The molecule has 0 aliphatic carbocycles. The van der Waals surface area contributed by atoms with Gasteiger partial charge in [-0.25, -0.2) is 4.39 Å². The molecule has 1 aromatic rings. The number of carbonyl (C=O) groups is 1. The van der Waals surface area contributed by atoms with Crippen LogP contribution >= 0.6 is 11.6 Å². The molecule has 118 valence electrons. The summed E-state index contributed by atoms with van der Waals surface area (Å²) >= 11 is 6.18. The third-order valence-electron chi connectivity index (χ3n) is 3.66. The fraction of sp³-hybridized carbons (Fsp3) is 0.562. The first kappa shape index (κ1) is 17.9. The Hall–Kier alpha value is -1.13. The minimum atomic E-state index is -1.58. The van der Waals surface area contributed by atoms with Gasteiger partial charge < -0.3 is 10.5 Å². The summed E-state index contributed by atoms with van der Waals surface area (Å²) in [6.45, 7) is 5.46. The Balaban J connectivity index is 2.97. The highest BCUT2D eigenvalue weighted by Gasteiger charge is 2.40. The second-order valence-corrected chi connectivity index (χ2v) is 6.04. The van der Waals surface area contributed by atoms with E-state index in [1.54, 1.807) is 19.9 Å². The van der Waals surface area contributed by atoms with Gasteiger partial charge in [0, 0.05) is 23.9 Å². The summed E-state index contributed by atoms with van der Waals surface area (Å²) in [4.78, 5) is 12.3. The SMILES string of the molecule is CCCC(F)OC(=O)C(C)(C)C(CN)c1ccccc1Cl. The molecular formula is C16H23ClFNO2. The molecule has 0 aliphatic rings. The van der Waals surface area contributed by atoms with Crippen LogP contribution in [0.25, 0.3) is 0 Å². The molecule has 3 nitrogen and oxygen atoms in total. The Labute approximate surface area is 130 Å². The summed E-state index contributed by atoms with van der Waals surface area (Å²) in [6.07, 6.45) is -0.771. The maximum absolute atomic E-state index is 13.5. The number of rotatable bonds is 7. The number of alkyl halides is 1. The van der Waals surface area contributed by atoms with Crippen molar-refractivity contribution in [2.75, 3.05) is 6.54 Å². The van der Waals surface area contributed by atoms with Crippen LogP contribution in [0.5, 0.6) is 0 Å². The van der Waals surface area contributed by atoms with Gasteiger partial charge in [0.25, 0.3) is 0 Å². The fourth-order valence-electron chi connectivity index (χ4n) is 2.26. The molecule has 0 aromatic heterocycles. The second-order valence-electron chi connectivity index (χ2n) is 5.64. The predicted molar refractivity (Wildman–Crippen MR) is 82.9 cm³/mol. The monoisotopic (exact) mass is 315 g/mol. The summed E-state index contributed by atoms with van der Waals surface area (Å²) in [5, 5.41) is 0.541. The van der Waals surface area contributed by atoms with Crippen LogP contribution in [-0.2, 0) is 9.53 Å². The Kier molecular flexibility index (Phi) is 6.62. The molecule has 2 atom stereocenters. The lowest BCUT2D eigenvalue weighted by Crippen LogP contribution is -2.38. The first-order chi connectivity index (χ1) is 9.84. The maximum atomic E-state index is 13.5. The molecule has 1 aromatic carbocycles. The van der Waals surface area contributed by atoms with Gasteiger partial charge in [0.1, 0.15) is 0 Å². The summed E-state index contributed by atoms with van der Waals surface area (Å²) in [5.41, 5.74) is 5.64. The normalized spacial score (nSPS) is 14.6. The predicted octanol–water partition coefficient (Wildman–Crippen LogP) is 4.05. The van der Waals surface area contributed by atoms with Gasteiger partial charge in [-0.2, -0.15) is 0 Å². The van der Waals surface area contributed by atoms with E-state index in [1.807, 2.05) is 25.1 Å². The maximum Gasteiger partial charge on any atom is 0.314 e. The Morgan fingerprint density at radius 2 is 2.05 bits per heavy atom. The lowest BCUT2D eigenvalue weighted by atomic mass is 9.75. The van der Waals surface area contributed by atoms with Crippen LogP contribution in [0.3, 0.4) is 0 Å². The third-order valence-corrected chi connectivity index (χ3v) is 4.01. The lowest BCUT2D eigenvalue weighted by molar-refractivity contribution is -0.170. The van der Waals surface area contributed by atoms with E-state index in [1.165, 1.54) is 0 Å². The minimum absolute atomic E-state index is 0.196. The average Bonchev–Trinajstić information content (AvgIpc) is 2.41. The molecular weight excluding hydrogens is 293 g/mol. The first-order valence-corrected chi connectivity index (χ1v) is 7.52. The van der Waals surface area contributed by atoms with E-state index < -0.39 is 17.7 Å². The van der Waals surface area contributed by atoms with Crippen LogP contribution in [-0.4, -0.2) is 18.9 Å². The highest BCUT2D eigenvalue weighted by atomic mass is 35.5. The third kappa shape index (κ3) is 4.42. The standard InChI is InChI=1S/C16H23ClFNO2/c1-4-7-14(18)21-15(20)16(2,3)12(10-19)11-8-5-6-9-13(11)17/h5-6,8-9,12,14H,4,7,10,19H2,1-3H3. The van der Waals surface area contributed by atoms with Gasteiger partial charge in [-0.05, 0) is 31.9 Å². The molecule has 0 saturated carbocycles. The number of carbonyl (C=O) groups excluding carboxylic acids is 1. The van der Waals surface area contributed by atoms with Crippen molar-refractivity contribution in [1.82, 2.24) is 0 Å². The molecule has 0 fully saturated rings. The van der Waals surface area contributed by atoms with Gasteiger partial charge in [0.15, 0.2) is 0 Å². The summed E-state index contributed by atoms with van der Waals surface area (Å²) in [5.74, 6) is -0.939. The first-order valence-electron chi connectivity index (χ1n) is 7.14. The molecule has 2 N–H and O–H groups in total. The number of benzene rings is 1. The van der Waals surface area contributed by atoms with Crippen LogP contribution < -0.4 is 5.73 Å². The number of esters is 1. The Morgan fingerprint density at radius 1 is 1.43 bits per heavy atom. The van der Waals surface area contributed by atoms with E-state index in [2.05, 4.69) is 0 Å². The van der Waals surface area contributed by atoms with Crippen molar-refractivity contribution in [3.8, 4) is 0 Å². The van der Waals surface area contributed by atoms with Crippen molar-refractivity contribution in [3.63, 3.8) is 0 Å². The van der Waals surface area contributed by atoms with E-state index >= 15 is 0 Å². The fourth-order valence-corrected chi connectivity index (χ4v) is 2.53. The van der Waals surface area contributed by atoms with Gasteiger partial charge in [-0.15, -0.1) is 0 Å². The number of hydrogen-bond donors (Lipinski definition) is 1. The minimum Gasteiger partial charge on any atom is -0.431 e. The van der Waals surface area contributed by atoms with Crippen LogP contribution in [0.2, 0.25) is 5.02 Å². The van der Waals surface area contributed by atoms with Gasteiger partial charge in [0.2, 0.25) is 6.36 Å². The van der Waals surface area contributed by atoms with Crippen LogP contribution in [0, 0.1) is 5.41 Å². The average molecular weight is 316 g/mol. The van der Waals surface area contributed by atoms with Gasteiger partial charge in [-0.1, -0.05) is 36.7 Å². The van der Waals surface area contributed by atoms with E-state index in [-0.39, 0.29) is 18.9 Å². The van der Waals surface area contributed by atoms with E-state index in [0.29, 0.717) is 11.4 Å².